The predicted molar refractivity (Wildman–Crippen MR) is 453 cm³/mol. The van der Waals surface area contributed by atoms with Crippen LogP contribution in [0, 0.1) is 0 Å². The van der Waals surface area contributed by atoms with Crippen molar-refractivity contribution in [2.24, 2.45) is 0 Å². The molecule has 79 heavy (non-hydrogen) atoms. The number of fused-ring (bicyclic) bond motifs is 7. The molecule has 0 amide bonds. The highest BCUT2D eigenvalue weighted by atomic mass is 16.3. The molecule has 0 saturated carbocycles. The Morgan fingerprint density at radius 3 is 0.671 bits per heavy atom. The van der Waals surface area contributed by atoms with E-state index in [1.807, 2.05) is 0 Å². The fraction of sp³-hybridized carbons (Fsp3) is 0. The molecule has 10 aromatic rings. The topological polar surface area (TPSA) is 13.1 Å². The molecule has 348 valence electrons. The van der Waals surface area contributed by atoms with Gasteiger partial charge in [0.1, 0.15) is 247 Å². The minimum Gasteiger partial charge on any atom is -0.456 e. The summed E-state index contributed by atoms with van der Waals surface area (Å²) in [6.07, 6.45) is 0. The van der Waals surface area contributed by atoms with E-state index in [0.29, 0.717) is 0 Å². The third kappa shape index (κ3) is 7.52. The zero-order chi connectivity index (χ0) is 58.4. The molecule has 1 aromatic heterocycles. The molecular formula is C48H60B30O. The fourth-order valence-corrected chi connectivity index (χ4v) is 15.7. The third-order valence-electron chi connectivity index (χ3n) is 22.9. The number of hydrogen-bond acceptors (Lipinski definition) is 1. The van der Waals surface area contributed by atoms with Gasteiger partial charge in [0.2, 0.25) is 0 Å². The molecule has 31 heteroatoms. The van der Waals surface area contributed by atoms with Gasteiger partial charge in [-0.1, -0.05) is 104 Å². The molecule has 0 unspecified atom stereocenters. The number of furan rings is 1. The largest absolute Gasteiger partial charge is 0.456 e. The van der Waals surface area contributed by atoms with Crippen LogP contribution in [0.15, 0.2) is 4.42 Å². The zero-order valence-corrected chi connectivity index (χ0v) is 54.4. The van der Waals surface area contributed by atoms with Crippen LogP contribution in [0.5, 0.6) is 0 Å². The monoisotopic (exact) mass is 983 g/mol. The maximum atomic E-state index is 7.29. The summed E-state index contributed by atoms with van der Waals surface area (Å²) in [5.41, 5.74) is 54.2. The molecule has 1 nitrogen and oxygen atoms in total. The Morgan fingerprint density at radius 2 is 0.291 bits per heavy atom. The van der Waals surface area contributed by atoms with E-state index < -0.39 is 0 Å². The summed E-state index contributed by atoms with van der Waals surface area (Å²) >= 11 is 0. The maximum Gasteiger partial charge on any atom is 0.143 e. The molecule has 0 radical (unpaired) electrons. The highest BCUT2D eigenvalue weighted by molar-refractivity contribution is 6.77. The van der Waals surface area contributed by atoms with Gasteiger partial charge < -0.3 is 4.42 Å². The Kier molecular flexibility index (Phi) is 14.3. The van der Waals surface area contributed by atoms with E-state index in [-0.39, 0.29) is 0 Å². The van der Waals surface area contributed by atoms with Crippen molar-refractivity contribution in [3.63, 3.8) is 0 Å². The van der Waals surface area contributed by atoms with Gasteiger partial charge in [-0.05, 0) is 71.4 Å². The second-order valence-electron chi connectivity index (χ2n) is 25.5. The van der Waals surface area contributed by atoms with E-state index in [0.717, 1.165) is 11.2 Å². The van der Waals surface area contributed by atoms with Crippen molar-refractivity contribution in [3.05, 3.63) is 0 Å². The van der Waals surface area contributed by atoms with E-state index in [2.05, 4.69) is 235 Å². The first-order chi connectivity index (χ1) is 36.8. The molecule has 0 aliphatic heterocycles. The summed E-state index contributed by atoms with van der Waals surface area (Å²) in [5, 5.41) is 10.8. The quantitative estimate of drug-likeness (QED) is 0.127. The van der Waals surface area contributed by atoms with Crippen LogP contribution in [0.2, 0.25) is 0 Å². The molecule has 9 aromatic carbocycles. The first-order valence-corrected chi connectivity index (χ1v) is 29.4. The van der Waals surface area contributed by atoms with Gasteiger partial charge in [0.15, 0.2) is 0 Å². The van der Waals surface area contributed by atoms with Gasteiger partial charge in [-0.15, -0.1) is 60.1 Å². The summed E-state index contributed by atoms with van der Waals surface area (Å²) in [7, 11) is 71.2. The van der Waals surface area contributed by atoms with Crippen LogP contribution in [0.4, 0.5) is 0 Å². The minimum atomic E-state index is 1.03. The normalized spacial score (nSPS) is 11.8. The lowest BCUT2D eigenvalue weighted by Gasteiger charge is -2.33. The van der Waals surface area contributed by atoms with Crippen LogP contribution in [-0.4, -0.2) is 235 Å². The fourth-order valence-electron chi connectivity index (χ4n) is 15.7. The molecule has 10 rings (SSSR count). The first-order valence-electron chi connectivity index (χ1n) is 29.4. The van der Waals surface area contributed by atoms with Gasteiger partial charge in [-0.2, -0.15) is 0 Å². The second kappa shape index (κ2) is 19.6. The summed E-state index contributed by atoms with van der Waals surface area (Å²) in [4.78, 5) is 0. The summed E-state index contributed by atoms with van der Waals surface area (Å²) in [5.74, 6) is 0. The van der Waals surface area contributed by atoms with Crippen molar-refractivity contribution < 1.29 is 4.42 Å². The average Bonchev–Trinajstić information content (AvgIpc) is 4.04. The Labute approximate surface area is 498 Å². The lowest BCUT2D eigenvalue weighted by Crippen LogP contribution is -2.57. The van der Waals surface area contributed by atoms with Gasteiger partial charge in [0, 0.05) is 16.2 Å². The molecule has 0 aliphatic carbocycles. The molecule has 0 saturated heterocycles. The Bertz CT molecular complexity index is 4460. The summed E-state index contributed by atoms with van der Waals surface area (Å²) in [6, 6.07) is 0. The van der Waals surface area contributed by atoms with Crippen molar-refractivity contribution in [2.75, 3.05) is 0 Å². The lowest BCUT2D eigenvalue weighted by atomic mass is 9.54. The summed E-state index contributed by atoms with van der Waals surface area (Å²) < 4.78 is 7.29. The molecule has 1 heterocycles. The molecule has 0 fully saturated rings. The van der Waals surface area contributed by atoms with Crippen LogP contribution in [0.3, 0.4) is 0 Å². The Morgan fingerprint density at radius 1 is 0.114 bits per heavy atom. The van der Waals surface area contributed by atoms with Crippen molar-refractivity contribution in [1.82, 2.24) is 0 Å². The smallest absolute Gasteiger partial charge is 0.143 e. The van der Waals surface area contributed by atoms with Crippen LogP contribution in [-0.2, 0) is 0 Å². The third-order valence-corrected chi connectivity index (χ3v) is 22.9. The molecule has 0 aliphatic rings. The van der Waals surface area contributed by atoms with Gasteiger partial charge in [-0.25, -0.2) is 0 Å². The van der Waals surface area contributed by atoms with E-state index >= 15 is 0 Å². The zero-order valence-electron chi connectivity index (χ0n) is 54.4. The van der Waals surface area contributed by atoms with Crippen molar-refractivity contribution in [1.29, 1.82) is 0 Å². The molecule has 0 N–H and O–H groups in total. The second-order valence-corrected chi connectivity index (χ2v) is 25.5. The van der Waals surface area contributed by atoms with Crippen LogP contribution >= 0.6 is 0 Å². The van der Waals surface area contributed by atoms with E-state index in [4.69, 9.17) is 4.42 Å². The predicted octanol–water partition coefficient (Wildman–Crippen LogP) is -38.5. The van der Waals surface area contributed by atoms with E-state index in [1.165, 1.54) is 251 Å². The number of benzene rings is 9. The van der Waals surface area contributed by atoms with Crippen molar-refractivity contribution >= 4 is 454 Å². The SMILES string of the molecule is Bc1c(B)c(B)c(-c2c(B)c(B)c(B)c(B)c2-c2c3c(B)c(B)c(B)c(B)c3c(-c3c(B)c(B)c(-c4c(B)c(B)c5oc6c7c(B)c(B)c(B)c(B)c7c(B)c(B)c6c5c4B)c(B)c3B)c3c(B)c(B)c(B)c(B)c23)c(B)c1B. The minimum absolute atomic E-state index is 1.03. The standard InChI is InChI=1S/C48H60B30O/c49-17-11(32(64)46(78)48-15(17)16-33(65)28(60)13-14(47(16)79-48)34(66)44(76)41(73)31(13)63)12-26(58)24(56)9(25(57)27(12)59)2-6-3(18(50)35(67)38(70)21(6)53)1(4-7(2)22(54)39(71)36(68)19(4)51)5-8(23(55)40(72)37(69)20(5)52)10-29(61)42(74)45(77)43(75)30(10)62/h49-78H2. The van der Waals surface area contributed by atoms with E-state index in [9.17, 15) is 0 Å². The molecule has 0 bridgehead atoms. The van der Waals surface area contributed by atoms with Crippen LogP contribution in [0.25, 0.3) is 98.8 Å². The first kappa shape index (κ1) is 57.7. The van der Waals surface area contributed by atoms with Crippen LogP contribution < -0.4 is 164 Å². The highest BCUT2D eigenvalue weighted by Crippen LogP contribution is 2.41. The highest BCUT2D eigenvalue weighted by Gasteiger charge is 2.33. The maximum absolute atomic E-state index is 7.29. The van der Waals surface area contributed by atoms with Crippen molar-refractivity contribution in [2.45, 2.75) is 0 Å². The lowest BCUT2D eigenvalue weighted by molar-refractivity contribution is 0.676. The van der Waals surface area contributed by atoms with Gasteiger partial charge in [0.05, 0.1) is 0 Å². The van der Waals surface area contributed by atoms with Crippen LogP contribution in [0.1, 0.15) is 0 Å². The molecule has 0 atom stereocenters. The van der Waals surface area contributed by atoms with Gasteiger partial charge in [0.25, 0.3) is 0 Å². The Balaban J connectivity index is 1.42. The summed E-state index contributed by atoms with van der Waals surface area (Å²) in [6.45, 7) is 0. The van der Waals surface area contributed by atoms with Gasteiger partial charge >= 0.3 is 0 Å². The number of hydrogen-bond donors (Lipinski definition) is 0. The number of rotatable bonds is 4. The van der Waals surface area contributed by atoms with E-state index in [1.54, 1.807) is 0 Å². The van der Waals surface area contributed by atoms with Crippen molar-refractivity contribution in [3.8, 4) is 44.5 Å². The molecule has 0 spiro atoms. The van der Waals surface area contributed by atoms with Gasteiger partial charge in [-0.3, -0.25) is 0 Å². The Hall–Kier alpha value is -4.49. The molecular weight excluding hydrogens is 917 g/mol. The average molecular weight is 977 g/mol.